The molecule has 32 heavy (non-hydrogen) atoms. The van der Waals surface area contributed by atoms with Crippen LogP contribution in [0.3, 0.4) is 0 Å². The maximum Gasteiger partial charge on any atom is 0.390 e. The van der Waals surface area contributed by atoms with Gasteiger partial charge in [-0.1, -0.05) is 0 Å². The van der Waals surface area contributed by atoms with Gasteiger partial charge in [0.15, 0.2) is 11.7 Å². The summed E-state index contributed by atoms with van der Waals surface area (Å²) in [4.78, 5) is 27.0. The first-order valence-electron chi connectivity index (χ1n) is 10.3. The number of carbonyl (C=O) groups excluding carboxylic acids is 1. The number of piperidine rings is 1. The number of aryl methyl sites for hydroxylation is 1. The third-order valence-electron chi connectivity index (χ3n) is 5.33. The van der Waals surface area contributed by atoms with Crippen LogP contribution in [0.1, 0.15) is 25.2 Å². The van der Waals surface area contributed by atoms with Crippen LogP contribution in [0.4, 0.5) is 23.8 Å². The molecule has 0 bridgehead atoms. The number of hydrogen-bond donors (Lipinski definition) is 2. The first-order valence-corrected chi connectivity index (χ1v) is 10.3. The predicted octanol–water partition coefficient (Wildman–Crippen LogP) is 4.13. The lowest BCUT2D eigenvalue weighted by molar-refractivity contribution is -0.133. The molecule has 3 aromatic heterocycles. The minimum absolute atomic E-state index is 0.0237. The van der Waals surface area contributed by atoms with E-state index in [1.54, 1.807) is 36.5 Å². The van der Waals surface area contributed by atoms with Gasteiger partial charge in [0, 0.05) is 49.7 Å². The number of carbonyl (C=O) groups is 1. The number of halogens is 3. The van der Waals surface area contributed by atoms with Crippen LogP contribution >= 0.6 is 0 Å². The smallest absolute Gasteiger partial charge is 0.390 e. The third kappa shape index (κ3) is 5.52. The summed E-state index contributed by atoms with van der Waals surface area (Å²) < 4.78 is 42.4. The monoisotopic (exact) mass is 448 g/mol. The SMILES string of the molecule is Cc1ncc(-c2cnc3cnc(NC(=O)N4CCC(NCCC(F)(F)F)CC4)cc3c2)o1. The summed E-state index contributed by atoms with van der Waals surface area (Å²) in [5, 5.41) is 6.49. The second-order valence-corrected chi connectivity index (χ2v) is 7.74. The molecule has 0 aliphatic carbocycles. The van der Waals surface area contributed by atoms with Crippen LogP contribution in [0.2, 0.25) is 0 Å². The number of hydrogen-bond acceptors (Lipinski definition) is 6. The van der Waals surface area contributed by atoms with Crippen LogP contribution in [0.15, 0.2) is 35.1 Å². The number of anilines is 1. The maximum atomic E-state index is 12.6. The summed E-state index contributed by atoms with van der Waals surface area (Å²) in [5.74, 6) is 1.55. The quantitative estimate of drug-likeness (QED) is 0.609. The molecule has 0 saturated carbocycles. The Bertz CT molecular complexity index is 1090. The zero-order valence-corrected chi connectivity index (χ0v) is 17.4. The Balaban J connectivity index is 1.34. The molecule has 0 spiro atoms. The predicted molar refractivity (Wildman–Crippen MR) is 112 cm³/mol. The van der Waals surface area contributed by atoms with Gasteiger partial charge in [0.25, 0.3) is 0 Å². The number of oxazole rings is 1. The van der Waals surface area contributed by atoms with E-state index in [0.717, 1.165) is 10.9 Å². The van der Waals surface area contributed by atoms with Crippen molar-refractivity contribution >= 4 is 22.8 Å². The molecule has 11 heteroatoms. The van der Waals surface area contributed by atoms with Crippen molar-refractivity contribution in [3.05, 3.63) is 36.6 Å². The highest BCUT2D eigenvalue weighted by Crippen LogP contribution is 2.24. The number of amides is 2. The molecule has 2 N–H and O–H groups in total. The largest absolute Gasteiger partial charge is 0.441 e. The molecule has 1 aliphatic heterocycles. The fourth-order valence-corrected chi connectivity index (χ4v) is 3.62. The molecule has 4 heterocycles. The van der Waals surface area contributed by atoms with E-state index < -0.39 is 12.6 Å². The van der Waals surface area contributed by atoms with Crippen LogP contribution in [0.25, 0.3) is 22.2 Å². The molecule has 0 atom stereocenters. The Morgan fingerprint density at radius 2 is 1.94 bits per heavy atom. The van der Waals surface area contributed by atoms with Crippen LogP contribution < -0.4 is 10.6 Å². The lowest BCUT2D eigenvalue weighted by Crippen LogP contribution is -2.46. The topological polar surface area (TPSA) is 96.2 Å². The Morgan fingerprint density at radius 3 is 2.62 bits per heavy atom. The fourth-order valence-electron chi connectivity index (χ4n) is 3.62. The molecular formula is C21H23F3N6O2. The number of nitrogens with one attached hydrogen (secondary N) is 2. The van der Waals surface area contributed by atoms with Gasteiger partial charge in [-0.15, -0.1) is 0 Å². The second kappa shape index (κ2) is 9.11. The first-order chi connectivity index (χ1) is 15.3. The summed E-state index contributed by atoms with van der Waals surface area (Å²) in [5.41, 5.74) is 1.44. The number of pyridine rings is 2. The lowest BCUT2D eigenvalue weighted by Gasteiger charge is -2.32. The molecule has 4 rings (SSSR count). The van der Waals surface area contributed by atoms with Gasteiger partial charge in [0.2, 0.25) is 0 Å². The summed E-state index contributed by atoms with van der Waals surface area (Å²) in [7, 11) is 0. The minimum atomic E-state index is -4.16. The summed E-state index contributed by atoms with van der Waals surface area (Å²) in [6.45, 7) is 2.57. The standard InChI is InChI=1S/C21H23F3N6O2/c1-13-26-12-18(32-13)15-8-14-9-19(28-11-17(14)27-10-15)29-20(31)30-6-2-16(3-7-30)25-5-4-21(22,23)24/h8-12,16,25H,2-7H2,1H3,(H,28,29,31). The average Bonchev–Trinajstić information content (AvgIpc) is 3.19. The lowest BCUT2D eigenvalue weighted by atomic mass is 10.1. The zero-order valence-electron chi connectivity index (χ0n) is 17.4. The summed E-state index contributed by atoms with van der Waals surface area (Å²) in [6.07, 6.45) is 1.06. The van der Waals surface area contributed by atoms with E-state index in [2.05, 4.69) is 25.6 Å². The van der Waals surface area contributed by atoms with Crippen LogP contribution in [0, 0.1) is 6.92 Å². The van der Waals surface area contributed by atoms with E-state index in [1.165, 1.54) is 0 Å². The van der Waals surface area contributed by atoms with Crippen molar-refractivity contribution in [3.8, 4) is 11.3 Å². The number of aromatic nitrogens is 3. The number of fused-ring (bicyclic) bond motifs is 1. The Labute approximate surface area is 182 Å². The number of alkyl halides is 3. The average molecular weight is 448 g/mol. The molecule has 0 unspecified atom stereocenters. The first kappa shape index (κ1) is 22.0. The minimum Gasteiger partial charge on any atom is -0.441 e. The van der Waals surface area contributed by atoms with Crippen molar-refractivity contribution in [1.82, 2.24) is 25.2 Å². The highest BCUT2D eigenvalue weighted by Gasteiger charge is 2.28. The maximum absolute atomic E-state index is 12.6. The number of urea groups is 1. The molecule has 1 saturated heterocycles. The van der Waals surface area contributed by atoms with Gasteiger partial charge in [-0.25, -0.2) is 14.8 Å². The van der Waals surface area contributed by atoms with Gasteiger partial charge in [-0.3, -0.25) is 10.3 Å². The van der Waals surface area contributed by atoms with Gasteiger partial charge >= 0.3 is 12.2 Å². The molecule has 0 radical (unpaired) electrons. The third-order valence-corrected chi connectivity index (χ3v) is 5.33. The Kier molecular flexibility index (Phi) is 6.26. The van der Waals surface area contributed by atoms with Gasteiger partial charge in [0.1, 0.15) is 5.82 Å². The molecule has 3 aromatic rings. The zero-order chi connectivity index (χ0) is 22.7. The second-order valence-electron chi connectivity index (χ2n) is 7.74. The van der Waals surface area contributed by atoms with E-state index in [-0.39, 0.29) is 18.6 Å². The number of likely N-dealkylation sites (tertiary alicyclic amines) is 1. The van der Waals surface area contributed by atoms with E-state index in [0.29, 0.717) is 48.9 Å². The molecule has 2 amide bonds. The molecule has 0 aromatic carbocycles. The molecule has 1 aliphatic rings. The summed E-state index contributed by atoms with van der Waals surface area (Å²) >= 11 is 0. The highest BCUT2D eigenvalue weighted by atomic mass is 19.4. The Hall–Kier alpha value is -3.21. The van der Waals surface area contributed by atoms with Crippen molar-refractivity contribution < 1.29 is 22.4 Å². The number of rotatable bonds is 5. The highest BCUT2D eigenvalue weighted by molar-refractivity contribution is 5.91. The van der Waals surface area contributed by atoms with E-state index >= 15 is 0 Å². The van der Waals surface area contributed by atoms with E-state index in [1.807, 2.05) is 6.07 Å². The van der Waals surface area contributed by atoms with Gasteiger partial charge < -0.3 is 14.6 Å². The van der Waals surface area contributed by atoms with E-state index in [4.69, 9.17) is 4.42 Å². The van der Waals surface area contributed by atoms with Gasteiger partial charge in [0.05, 0.1) is 24.3 Å². The molecular weight excluding hydrogens is 425 g/mol. The van der Waals surface area contributed by atoms with Crippen molar-refractivity contribution in [2.45, 2.75) is 38.4 Å². The van der Waals surface area contributed by atoms with Crippen molar-refractivity contribution in [3.63, 3.8) is 0 Å². The number of nitrogens with zero attached hydrogens (tertiary/aromatic N) is 4. The summed E-state index contributed by atoms with van der Waals surface area (Å²) in [6, 6.07) is 3.31. The molecule has 1 fully saturated rings. The molecule has 8 nitrogen and oxygen atoms in total. The Morgan fingerprint density at radius 1 is 1.16 bits per heavy atom. The van der Waals surface area contributed by atoms with Gasteiger partial charge in [-0.2, -0.15) is 13.2 Å². The van der Waals surface area contributed by atoms with E-state index in [9.17, 15) is 18.0 Å². The van der Waals surface area contributed by atoms with Crippen molar-refractivity contribution in [2.75, 3.05) is 25.0 Å². The van der Waals surface area contributed by atoms with Gasteiger partial charge in [-0.05, 0) is 25.0 Å². The molecule has 170 valence electrons. The van der Waals surface area contributed by atoms with Crippen LogP contribution in [-0.2, 0) is 0 Å². The van der Waals surface area contributed by atoms with Crippen LogP contribution in [0.5, 0.6) is 0 Å². The normalized spacial score (nSPS) is 15.3. The van der Waals surface area contributed by atoms with Crippen LogP contribution in [-0.4, -0.2) is 57.7 Å². The fraction of sp³-hybridized carbons (Fsp3) is 0.429. The van der Waals surface area contributed by atoms with Crippen molar-refractivity contribution in [2.24, 2.45) is 0 Å². The van der Waals surface area contributed by atoms with Crippen molar-refractivity contribution in [1.29, 1.82) is 0 Å².